The van der Waals surface area contributed by atoms with E-state index in [-0.39, 0.29) is 0 Å². The topological polar surface area (TPSA) is 39.5 Å². The molecule has 5 heteroatoms. The van der Waals surface area contributed by atoms with Crippen molar-refractivity contribution in [3.05, 3.63) is 65.9 Å². The lowest BCUT2D eigenvalue weighted by atomic mass is 10.0. The van der Waals surface area contributed by atoms with Crippen molar-refractivity contribution in [1.82, 2.24) is 14.7 Å². The van der Waals surface area contributed by atoms with E-state index in [2.05, 4.69) is 52.5 Å². The highest BCUT2D eigenvalue weighted by molar-refractivity contribution is 5.58. The van der Waals surface area contributed by atoms with Gasteiger partial charge in [0.2, 0.25) is 0 Å². The second-order valence-corrected chi connectivity index (χ2v) is 7.60. The molecule has 3 heterocycles. The number of ether oxygens (including phenoxy) is 2. The minimum Gasteiger partial charge on any atom is -0.486 e. The smallest absolute Gasteiger partial charge is 0.161 e. The predicted molar refractivity (Wildman–Crippen MR) is 108 cm³/mol. The van der Waals surface area contributed by atoms with Crippen LogP contribution in [0.4, 0.5) is 0 Å². The molecular formula is C23H25N3O2. The van der Waals surface area contributed by atoms with E-state index in [0.29, 0.717) is 19.3 Å². The van der Waals surface area contributed by atoms with Crippen molar-refractivity contribution >= 4 is 0 Å². The minimum atomic E-state index is 0.436. The molecule has 2 aliphatic heterocycles. The van der Waals surface area contributed by atoms with Crippen molar-refractivity contribution in [2.45, 2.75) is 25.4 Å². The van der Waals surface area contributed by atoms with E-state index in [4.69, 9.17) is 9.47 Å². The molecule has 1 atom stereocenters. The van der Waals surface area contributed by atoms with Gasteiger partial charge in [-0.05, 0) is 48.7 Å². The Kier molecular flexibility index (Phi) is 4.53. The molecule has 2 aromatic carbocycles. The first kappa shape index (κ1) is 17.3. The zero-order valence-corrected chi connectivity index (χ0v) is 16.2. The molecule has 0 saturated carbocycles. The molecule has 0 spiro atoms. The first-order valence-corrected chi connectivity index (χ1v) is 9.99. The summed E-state index contributed by atoms with van der Waals surface area (Å²) in [7, 11) is 1.95. The first-order chi connectivity index (χ1) is 13.8. The van der Waals surface area contributed by atoms with Gasteiger partial charge < -0.3 is 9.47 Å². The maximum atomic E-state index is 5.78. The van der Waals surface area contributed by atoms with Gasteiger partial charge in [0.15, 0.2) is 11.5 Å². The van der Waals surface area contributed by atoms with E-state index in [1.54, 1.807) is 0 Å². The van der Waals surface area contributed by atoms with E-state index >= 15 is 0 Å². The maximum Gasteiger partial charge on any atom is 0.161 e. The molecule has 2 aliphatic rings. The van der Waals surface area contributed by atoms with Crippen LogP contribution in [0.1, 0.15) is 30.0 Å². The number of benzene rings is 2. The van der Waals surface area contributed by atoms with E-state index in [1.807, 2.05) is 24.0 Å². The molecule has 0 radical (unpaired) electrons. The fourth-order valence-corrected chi connectivity index (χ4v) is 4.24. The van der Waals surface area contributed by atoms with Gasteiger partial charge in [-0.3, -0.25) is 9.58 Å². The van der Waals surface area contributed by atoms with Crippen molar-refractivity contribution in [2.75, 3.05) is 19.8 Å². The highest BCUT2D eigenvalue weighted by atomic mass is 16.6. The van der Waals surface area contributed by atoms with Crippen LogP contribution in [0, 0.1) is 0 Å². The Hall–Kier alpha value is -2.79. The van der Waals surface area contributed by atoms with Crippen LogP contribution in [0.5, 0.6) is 11.5 Å². The zero-order valence-electron chi connectivity index (χ0n) is 16.2. The van der Waals surface area contributed by atoms with Crippen LogP contribution in [0.2, 0.25) is 0 Å². The highest BCUT2D eigenvalue weighted by Gasteiger charge is 2.27. The number of likely N-dealkylation sites (tertiary alicyclic amines) is 1. The van der Waals surface area contributed by atoms with Gasteiger partial charge in [0.05, 0.1) is 5.69 Å². The second kappa shape index (κ2) is 7.32. The second-order valence-electron chi connectivity index (χ2n) is 7.60. The number of hydrogen-bond donors (Lipinski definition) is 0. The largest absolute Gasteiger partial charge is 0.486 e. The molecule has 0 aliphatic carbocycles. The van der Waals surface area contributed by atoms with Crippen LogP contribution in [0.15, 0.2) is 54.7 Å². The number of fused-ring (bicyclic) bond motifs is 1. The third-order valence-corrected chi connectivity index (χ3v) is 5.66. The fraction of sp³-hybridized carbons (Fsp3) is 0.348. The normalized spacial score (nSPS) is 19.1. The van der Waals surface area contributed by atoms with Gasteiger partial charge in [-0.2, -0.15) is 5.10 Å². The van der Waals surface area contributed by atoms with E-state index < -0.39 is 0 Å². The molecular weight excluding hydrogens is 350 g/mol. The summed E-state index contributed by atoms with van der Waals surface area (Å²) in [6, 6.07) is 17.7. The van der Waals surface area contributed by atoms with Gasteiger partial charge in [0.25, 0.3) is 0 Å². The summed E-state index contributed by atoms with van der Waals surface area (Å²) in [5.74, 6) is 1.75. The van der Waals surface area contributed by atoms with Crippen molar-refractivity contribution < 1.29 is 9.47 Å². The van der Waals surface area contributed by atoms with Crippen LogP contribution >= 0.6 is 0 Å². The summed E-state index contributed by atoms with van der Waals surface area (Å²) in [6.45, 7) is 3.35. The fourth-order valence-electron chi connectivity index (χ4n) is 4.24. The standard InChI is InChI=1S/C23H25N3O2/c1-25-12-10-20(24-25)18-6-4-17(5-7-18)16-26-11-2-3-21(26)19-8-9-22-23(15-19)28-14-13-27-22/h4-10,12,15,21H,2-3,11,13-14,16H2,1H3/t21-/m1/s1. The third-order valence-electron chi connectivity index (χ3n) is 5.66. The molecule has 0 N–H and O–H groups in total. The molecule has 5 rings (SSSR count). The number of nitrogens with zero attached hydrogens (tertiary/aromatic N) is 3. The van der Waals surface area contributed by atoms with Crippen LogP contribution in [-0.2, 0) is 13.6 Å². The molecule has 1 saturated heterocycles. The lowest BCUT2D eigenvalue weighted by Crippen LogP contribution is -2.23. The Morgan fingerprint density at radius 1 is 1.00 bits per heavy atom. The zero-order chi connectivity index (χ0) is 18.9. The van der Waals surface area contributed by atoms with Crippen molar-refractivity contribution in [3.63, 3.8) is 0 Å². The number of aryl methyl sites for hydroxylation is 1. The Morgan fingerprint density at radius 2 is 1.82 bits per heavy atom. The maximum absolute atomic E-state index is 5.78. The Bertz CT molecular complexity index is 964. The van der Waals surface area contributed by atoms with Crippen LogP contribution in [0.25, 0.3) is 11.3 Å². The minimum absolute atomic E-state index is 0.436. The monoisotopic (exact) mass is 375 g/mol. The summed E-state index contributed by atoms with van der Waals surface area (Å²) < 4.78 is 13.3. The number of rotatable bonds is 4. The molecule has 5 nitrogen and oxygen atoms in total. The summed E-state index contributed by atoms with van der Waals surface area (Å²) in [5, 5.41) is 4.48. The lowest BCUT2D eigenvalue weighted by Gasteiger charge is -2.26. The average Bonchev–Trinajstić information content (AvgIpc) is 3.37. The van der Waals surface area contributed by atoms with Crippen LogP contribution in [0.3, 0.4) is 0 Å². The molecule has 0 amide bonds. The highest BCUT2D eigenvalue weighted by Crippen LogP contribution is 2.38. The summed E-state index contributed by atoms with van der Waals surface area (Å²) in [5.41, 5.74) is 4.84. The molecule has 0 unspecified atom stereocenters. The Morgan fingerprint density at radius 3 is 2.61 bits per heavy atom. The van der Waals surface area contributed by atoms with Gasteiger partial charge in [-0.25, -0.2) is 0 Å². The van der Waals surface area contributed by atoms with E-state index in [9.17, 15) is 0 Å². The van der Waals surface area contributed by atoms with E-state index in [0.717, 1.165) is 35.8 Å². The van der Waals surface area contributed by atoms with Crippen LogP contribution < -0.4 is 9.47 Å². The molecule has 1 aromatic heterocycles. The van der Waals surface area contributed by atoms with Crippen molar-refractivity contribution in [3.8, 4) is 22.8 Å². The molecule has 144 valence electrons. The van der Waals surface area contributed by atoms with Gasteiger partial charge in [-0.1, -0.05) is 30.3 Å². The molecule has 3 aromatic rings. The van der Waals surface area contributed by atoms with Crippen molar-refractivity contribution in [2.24, 2.45) is 7.05 Å². The first-order valence-electron chi connectivity index (χ1n) is 9.99. The summed E-state index contributed by atoms with van der Waals surface area (Å²) in [4.78, 5) is 2.57. The van der Waals surface area contributed by atoms with E-state index in [1.165, 1.54) is 24.0 Å². The Balaban J connectivity index is 1.32. The van der Waals surface area contributed by atoms with Crippen molar-refractivity contribution in [1.29, 1.82) is 0 Å². The molecule has 28 heavy (non-hydrogen) atoms. The van der Waals surface area contributed by atoms with Gasteiger partial charge >= 0.3 is 0 Å². The molecule has 1 fully saturated rings. The molecule has 0 bridgehead atoms. The van der Waals surface area contributed by atoms with Gasteiger partial charge in [-0.15, -0.1) is 0 Å². The summed E-state index contributed by atoms with van der Waals surface area (Å²) in [6.07, 6.45) is 4.39. The van der Waals surface area contributed by atoms with Crippen LogP contribution in [-0.4, -0.2) is 34.4 Å². The SMILES string of the molecule is Cn1ccc(-c2ccc(CN3CCC[C@@H]3c3ccc4c(c3)OCCO4)cc2)n1. The quantitative estimate of drug-likeness (QED) is 0.685. The Labute approximate surface area is 165 Å². The number of hydrogen-bond acceptors (Lipinski definition) is 4. The predicted octanol–water partition coefficient (Wildman–Crippen LogP) is 4.20. The van der Waals surface area contributed by atoms with Gasteiger partial charge in [0, 0.05) is 31.4 Å². The van der Waals surface area contributed by atoms with Gasteiger partial charge in [0.1, 0.15) is 13.2 Å². The summed E-state index contributed by atoms with van der Waals surface area (Å²) >= 11 is 0. The average molecular weight is 375 g/mol. The lowest BCUT2D eigenvalue weighted by molar-refractivity contribution is 0.170. The number of aromatic nitrogens is 2. The third kappa shape index (κ3) is 3.38.